The van der Waals surface area contributed by atoms with E-state index in [-0.39, 0.29) is 0 Å². The van der Waals surface area contributed by atoms with Gasteiger partial charge in [-0.15, -0.1) is 6.42 Å². The smallest absolute Gasteiger partial charge is 0.148 e. The van der Waals surface area contributed by atoms with E-state index in [9.17, 15) is 0 Å². The number of nitrogen functional groups attached to an aromatic ring is 1. The molecule has 13 heavy (non-hydrogen) atoms. The Bertz CT molecular complexity index is 298. The molecule has 1 aromatic heterocycles. The van der Waals surface area contributed by atoms with Gasteiger partial charge in [-0.1, -0.05) is 5.92 Å². The zero-order valence-corrected chi connectivity index (χ0v) is 7.57. The topological polar surface area (TPSA) is 55.0 Å². The van der Waals surface area contributed by atoms with E-state index >= 15 is 0 Å². The molecule has 1 heterocycles. The molecule has 0 amide bonds. The number of anilines is 2. The summed E-state index contributed by atoms with van der Waals surface area (Å²) in [4.78, 5) is 9.98. The number of nitrogens with two attached hydrogens (primary N) is 1. The first-order valence-electron chi connectivity index (χ1n) is 4.04. The highest BCUT2D eigenvalue weighted by Crippen LogP contribution is 2.07. The maximum atomic E-state index is 5.41. The molecular weight excluding hydrogens is 164 g/mol. The Balaban J connectivity index is 2.80. The summed E-state index contributed by atoms with van der Waals surface area (Å²) in [6.45, 7) is 3.35. The summed E-state index contributed by atoms with van der Waals surface area (Å²) in [6, 6.07) is 0. The number of aromatic nitrogens is 2. The van der Waals surface area contributed by atoms with E-state index in [1.54, 1.807) is 6.20 Å². The summed E-state index contributed by atoms with van der Waals surface area (Å²) in [5.74, 6) is 3.73. The van der Waals surface area contributed by atoms with Crippen LogP contribution in [0.1, 0.15) is 6.92 Å². The van der Waals surface area contributed by atoms with Gasteiger partial charge < -0.3 is 10.6 Å². The van der Waals surface area contributed by atoms with Crippen molar-refractivity contribution < 1.29 is 0 Å². The van der Waals surface area contributed by atoms with Crippen LogP contribution in [0.3, 0.4) is 0 Å². The molecule has 0 bridgehead atoms. The Morgan fingerprint density at radius 2 is 2.31 bits per heavy atom. The van der Waals surface area contributed by atoms with Crippen LogP contribution in [-0.4, -0.2) is 23.1 Å². The number of hydrogen-bond acceptors (Lipinski definition) is 4. The van der Waals surface area contributed by atoms with Crippen LogP contribution in [0.25, 0.3) is 0 Å². The molecule has 0 spiro atoms. The molecule has 0 atom stereocenters. The van der Waals surface area contributed by atoms with Crippen LogP contribution in [-0.2, 0) is 0 Å². The molecule has 68 valence electrons. The minimum atomic E-state index is 0.417. The van der Waals surface area contributed by atoms with Gasteiger partial charge in [-0.05, 0) is 6.92 Å². The van der Waals surface area contributed by atoms with Crippen molar-refractivity contribution in [3.63, 3.8) is 0 Å². The van der Waals surface area contributed by atoms with Crippen LogP contribution in [0.2, 0.25) is 0 Å². The predicted octanol–water partition coefficient (Wildman–Crippen LogP) is 0.518. The molecule has 0 saturated carbocycles. The quantitative estimate of drug-likeness (QED) is 0.682. The van der Waals surface area contributed by atoms with Crippen molar-refractivity contribution in [3.8, 4) is 12.3 Å². The van der Waals surface area contributed by atoms with Gasteiger partial charge >= 0.3 is 0 Å². The Morgan fingerprint density at radius 3 is 2.77 bits per heavy atom. The monoisotopic (exact) mass is 176 g/mol. The van der Waals surface area contributed by atoms with Crippen LogP contribution in [0.4, 0.5) is 11.6 Å². The summed E-state index contributed by atoms with van der Waals surface area (Å²) in [6.07, 6.45) is 8.35. The standard InChI is InChI=1S/C9H12N4/c1-3-5-13(4-2)9-7-11-8(10)6-12-9/h1,6-7H,4-5H2,2H3,(H2,10,11). The summed E-state index contributed by atoms with van der Waals surface area (Å²) >= 11 is 0. The number of nitrogens with zero attached hydrogens (tertiary/aromatic N) is 3. The van der Waals surface area contributed by atoms with E-state index in [1.807, 2.05) is 11.8 Å². The Morgan fingerprint density at radius 1 is 1.54 bits per heavy atom. The SMILES string of the molecule is C#CCN(CC)c1cnc(N)cn1. The van der Waals surface area contributed by atoms with Gasteiger partial charge in [0.25, 0.3) is 0 Å². The van der Waals surface area contributed by atoms with Crippen molar-refractivity contribution in [1.29, 1.82) is 0 Å². The molecule has 0 fully saturated rings. The van der Waals surface area contributed by atoms with Gasteiger partial charge in [-0.3, -0.25) is 0 Å². The highest BCUT2D eigenvalue weighted by atomic mass is 15.2. The Kier molecular flexibility index (Phi) is 3.09. The van der Waals surface area contributed by atoms with Gasteiger partial charge in [0.1, 0.15) is 11.6 Å². The zero-order valence-electron chi connectivity index (χ0n) is 7.57. The van der Waals surface area contributed by atoms with E-state index in [1.165, 1.54) is 6.20 Å². The van der Waals surface area contributed by atoms with Gasteiger partial charge in [-0.2, -0.15) is 0 Å². The van der Waals surface area contributed by atoms with Gasteiger partial charge in [0.2, 0.25) is 0 Å². The Hall–Kier alpha value is -1.76. The lowest BCUT2D eigenvalue weighted by atomic mass is 10.4. The third-order valence-electron chi connectivity index (χ3n) is 1.65. The second kappa shape index (κ2) is 4.31. The van der Waals surface area contributed by atoms with Crippen LogP contribution < -0.4 is 10.6 Å². The molecule has 4 nitrogen and oxygen atoms in total. The molecule has 1 aromatic rings. The average molecular weight is 176 g/mol. The zero-order chi connectivity index (χ0) is 9.68. The molecule has 0 radical (unpaired) electrons. The van der Waals surface area contributed by atoms with Crippen molar-refractivity contribution in [2.24, 2.45) is 0 Å². The van der Waals surface area contributed by atoms with Crippen molar-refractivity contribution in [2.45, 2.75) is 6.92 Å². The molecule has 1 rings (SSSR count). The highest BCUT2D eigenvalue weighted by molar-refractivity contribution is 5.40. The van der Waals surface area contributed by atoms with E-state index in [0.29, 0.717) is 12.4 Å². The molecule has 0 aliphatic heterocycles. The molecule has 0 aliphatic rings. The lowest BCUT2D eigenvalue weighted by Crippen LogP contribution is -2.24. The fourth-order valence-electron chi connectivity index (χ4n) is 0.960. The van der Waals surface area contributed by atoms with Crippen LogP contribution in [0, 0.1) is 12.3 Å². The van der Waals surface area contributed by atoms with Gasteiger partial charge in [-0.25, -0.2) is 9.97 Å². The van der Waals surface area contributed by atoms with Crippen molar-refractivity contribution in [2.75, 3.05) is 23.7 Å². The summed E-state index contributed by atoms with van der Waals surface area (Å²) in [5.41, 5.74) is 5.41. The third-order valence-corrected chi connectivity index (χ3v) is 1.65. The average Bonchev–Trinajstić information content (AvgIpc) is 2.16. The number of rotatable bonds is 3. The summed E-state index contributed by atoms with van der Waals surface area (Å²) in [5, 5.41) is 0. The fourth-order valence-corrected chi connectivity index (χ4v) is 0.960. The second-order valence-corrected chi connectivity index (χ2v) is 2.52. The maximum Gasteiger partial charge on any atom is 0.148 e. The first-order chi connectivity index (χ1) is 6.27. The fraction of sp³-hybridized carbons (Fsp3) is 0.333. The highest BCUT2D eigenvalue weighted by Gasteiger charge is 2.03. The number of hydrogen-bond donors (Lipinski definition) is 1. The van der Waals surface area contributed by atoms with E-state index in [2.05, 4.69) is 15.9 Å². The normalized spacial score (nSPS) is 9.23. The minimum absolute atomic E-state index is 0.417. The van der Waals surface area contributed by atoms with Gasteiger partial charge in [0, 0.05) is 6.54 Å². The molecule has 0 aliphatic carbocycles. The molecule has 0 unspecified atom stereocenters. The summed E-state index contributed by atoms with van der Waals surface area (Å²) < 4.78 is 0. The van der Waals surface area contributed by atoms with Crippen molar-refractivity contribution >= 4 is 11.6 Å². The lowest BCUT2D eigenvalue weighted by Gasteiger charge is -2.17. The van der Waals surface area contributed by atoms with Crippen LogP contribution in [0.15, 0.2) is 12.4 Å². The van der Waals surface area contributed by atoms with Gasteiger partial charge in [0.15, 0.2) is 0 Å². The van der Waals surface area contributed by atoms with Gasteiger partial charge in [0.05, 0.1) is 18.9 Å². The maximum absolute atomic E-state index is 5.41. The number of terminal acetylenes is 1. The largest absolute Gasteiger partial charge is 0.382 e. The van der Waals surface area contributed by atoms with Crippen molar-refractivity contribution in [1.82, 2.24) is 9.97 Å². The second-order valence-electron chi connectivity index (χ2n) is 2.52. The molecular formula is C9H12N4. The van der Waals surface area contributed by atoms with Crippen LogP contribution in [0.5, 0.6) is 0 Å². The van der Waals surface area contributed by atoms with E-state index < -0.39 is 0 Å². The molecule has 0 aromatic carbocycles. The molecule has 0 saturated heterocycles. The van der Waals surface area contributed by atoms with E-state index in [4.69, 9.17) is 12.2 Å². The molecule has 2 N–H and O–H groups in total. The third kappa shape index (κ3) is 2.34. The first-order valence-corrected chi connectivity index (χ1v) is 4.04. The van der Waals surface area contributed by atoms with Crippen molar-refractivity contribution in [3.05, 3.63) is 12.4 Å². The predicted molar refractivity (Wildman–Crippen MR) is 53.2 cm³/mol. The minimum Gasteiger partial charge on any atom is -0.382 e. The lowest BCUT2D eigenvalue weighted by molar-refractivity contribution is 0.886. The van der Waals surface area contributed by atoms with Crippen LogP contribution >= 0.6 is 0 Å². The molecule has 4 heteroatoms. The Labute approximate surface area is 77.8 Å². The first kappa shape index (κ1) is 9.33. The summed E-state index contributed by atoms with van der Waals surface area (Å²) in [7, 11) is 0. The van der Waals surface area contributed by atoms with E-state index in [0.717, 1.165) is 12.4 Å².